The van der Waals surface area contributed by atoms with Gasteiger partial charge in [-0.3, -0.25) is 0 Å². The van der Waals surface area contributed by atoms with Gasteiger partial charge in [0, 0.05) is 16.1 Å². The Balaban J connectivity index is 3.04. The zero-order chi connectivity index (χ0) is 21.7. The normalized spacial score (nSPS) is 15.4. The molecule has 1 atom stereocenters. The number of alkyl halides is 9. The first-order valence-electron chi connectivity index (χ1n) is 7.54. The van der Waals surface area contributed by atoms with Crippen LogP contribution in [0, 0.1) is 19.9 Å². The van der Waals surface area contributed by atoms with Crippen LogP contribution in [0.1, 0.15) is 16.7 Å². The molecule has 28 heavy (non-hydrogen) atoms. The van der Waals surface area contributed by atoms with Gasteiger partial charge in [0.1, 0.15) is 0 Å². The van der Waals surface area contributed by atoms with E-state index in [1.165, 1.54) is 18.2 Å². The van der Waals surface area contributed by atoms with Crippen molar-refractivity contribution in [3.63, 3.8) is 0 Å². The smallest absolute Gasteiger partial charge is 0.221 e. The maximum absolute atomic E-state index is 15.1. The number of rotatable bonds is 3. The van der Waals surface area contributed by atoms with Crippen LogP contribution in [0.2, 0.25) is 5.02 Å². The molecule has 1 unspecified atom stereocenters. The Kier molecular flexibility index (Phi) is 5.49. The van der Waals surface area contributed by atoms with Gasteiger partial charge >= 0.3 is 23.9 Å². The van der Waals surface area contributed by atoms with E-state index in [9.17, 15) is 35.1 Å². The fourth-order valence-electron chi connectivity index (χ4n) is 2.86. The van der Waals surface area contributed by atoms with Crippen molar-refractivity contribution in [3.8, 4) is 11.1 Å². The summed E-state index contributed by atoms with van der Waals surface area (Å²) in [6.45, 7) is 2.20. The predicted molar refractivity (Wildman–Crippen MR) is 85.0 cm³/mol. The van der Waals surface area contributed by atoms with E-state index in [4.69, 9.17) is 11.6 Å². The summed E-state index contributed by atoms with van der Waals surface area (Å²) in [4.78, 5) is 0. The van der Waals surface area contributed by atoms with Crippen LogP contribution < -0.4 is 0 Å². The van der Waals surface area contributed by atoms with Gasteiger partial charge in [-0.2, -0.15) is 35.1 Å². The average molecular weight is 434 g/mol. The van der Waals surface area contributed by atoms with Crippen LogP contribution in [0.4, 0.5) is 39.5 Å². The lowest BCUT2D eigenvalue weighted by Crippen LogP contribution is -2.60. The first kappa shape index (κ1) is 22.4. The molecule has 2 aromatic carbocycles. The molecule has 0 spiro atoms. The SMILES string of the molecule is Cc1[c]c(C)c(-c2ccccc2Cl)c(C(F)(C(F)(F)F)C(F)(F)C(F)(F)F)c1. The lowest BCUT2D eigenvalue weighted by atomic mass is 9.80. The Hall–Kier alpha value is -1.90. The summed E-state index contributed by atoms with van der Waals surface area (Å²) in [7, 11) is 0. The zero-order valence-electron chi connectivity index (χ0n) is 14.2. The summed E-state index contributed by atoms with van der Waals surface area (Å²) in [6.07, 6.45) is -13.4. The molecule has 0 nitrogen and oxygen atoms in total. The van der Waals surface area contributed by atoms with Gasteiger partial charge in [0.05, 0.1) is 0 Å². The molecule has 0 aliphatic heterocycles. The maximum Gasteiger partial charge on any atom is 0.457 e. The first-order chi connectivity index (χ1) is 12.6. The highest BCUT2D eigenvalue weighted by molar-refractivity contribution is 6.33. The monoisotopic (exact) mass is 433 g/mol. The molecule has 0 aliphatic carbocycles. The molecule has 0 amide bonds. The molecule has 1 radical (unpaired) electrons. The minimum Gasteiger partial charge on any atom is -0.221 e. The molecule has 0 saturated carbocycles. The van der Waals surface area contributed by atoms with E-state index < -0.39 is 35.1 Å². The Morgan fingerprint density at radius 1 is 0.821 bits per heavy atom. The average Bonchev–Trinajstić information content (AvgIpc) is 2.52. The van der Waals surface area contributed by atoms with Gasteiger partial charge in [-0.25, -0.2) is 4.39 Å². The summed E-state index contributed by atoms with van der Waals surface area (Å²) >= 11 is 5.88. The Morgan fingerprint density at radius 3 is 1.82 bits per heavy atom. The summed E-state index contributed by atoms with van der Waals surface area (Å²) in [5.74, 6) is -6.77. The summed E-state index contributed by atoms with van der Waals surface area (Å²) in [5, 5.41) is -0.260. The van der Waals surface area contributed by atoms with Crippen molar-refractivity contribution in [2.24, 2.45) is 0 Å². The van der Waals surface area contributed by atoms with Gasteiger partial charge in [-0.15, -0.1) is 0 Å². The maximum atomic E-state index is 15.1. The summed E-state index contributed by atoms with van der Waals surface area (Å²) in [6, 6.07) is 7.66. The number of hydrogen-bond donors (Lipinski definition) is 0. The number of halogens is 10. The minimum absolute atomic E-state index is 0.257. The topological polar surface area (TPSA) is 0 Å². The largest absolute Gasteiger partial charge is 0.457 e. The molecule has 0 aliphatic rings. The highest BCUT2D eigenvalue weighted by Crippen LogP contribution is 2.60. The van der Waals surface area contributed by atoms with E-state index in [0.717, 1.165) is 19.9 Å². The Labute approximate surface area is 158 Å². The van der Waals surface area contributed by atoms with Crippen LogP contribution in [0.25, 0.3) is 11.1 Å². The molecule has 0 saturated heterocycles. The van der Waals surface area contributed by atoms with E-state index in [0.29, 0.717) is 0 Å². The highest BCUT2D eigenvalue weighted by Gasteiger charge is 2.82. The van der Waals surface area contributed by atoms with Crippen molar-refractivity contribution in [2.75, 3.05) is 0 Å². The summed E-state index contributed by atoms with van der Waals surface area (Å²) < 4.78 is 122. The predicted octanol–water partition coefficient (Wildman–Crippen LogP) is 7.35. The standard InChI is InChI=1S/C18H11ClF9/c1-9-7-10(2)14(11-5-3-4-6-13(11)19)12(8-9)15(20,17(23,24)25)16(21,22)18(26,27)28/h3-6,8H,1-2H3. The number of benzene rings is 2. The van der Waals surface area contributed by atoms with Gasteiger partial charge in [0.2, 0.25) is 0 Å². The van der Waals surface area contributed by atoms with Crippen molar-refractivity contribution < 1.29 is 39.5 Å². The van der Waals surface area contributed by atoms with Crippen LogP contribution in [0.5, 0.6) is 0 Å². The van der Waals surface area contributed by atoms with Gasteiger partial charge in [0.25, 0.3) is 0 Å². The molecular formula is C18H11ClF9. The van der Waals surface area contributed by atoms with E-state index in [1.54, 1.807) is 0 Å². The second-order valence-corrected chi connectivity index (χ2v) is 6.48. The van der Waals surface area contributed by atoms with Gasteiger partial charge in [-0.05, 0) is 42.7 Å². The van der Waals surface area contributed by atoms with E-state index >= 15 is 4.39 Å². The van der Waals surface area contributed by atoms with Crippen molar-refractivity contribution in [3.05, 3.63) is 58.1 Å². The Morgan fingerprint density at radius 2 is 1.36 bits per heavy atom. The molecule has 0 N–H and O–H groups in total. The molecule has 0 aromatic heterocycles. The van der Waals surface area contributed by atoms with Crippen molar-refractivity contribution in [1.29, 1.82) is 0 Å². The molecule has 0 bridgehead atoms. The quantitative estimate of drug-likeness (QED) is 0.444. The second kappa shape index (κ2) is 6.86. The highest BCUT2D eigenvalue weighted by atomic mass is 35.5. The molecule has 0 heterocycles. The summed E-state index contributed by atoms with van der Waals surface area (Å²) in [5.41, 5.74) is -9.64. The number of aryl methyl sites for hydroxylation is 2. The molecule has 0 fully saturated rings. The van der Waals surface area contributed by atoms with Gasteiger partial charge in [0.15, 0.2) is 0 Å². The minimum atomic E-state index is -6.81. The zero-order valence-corrected chi connectivity index (χ0v) is 14.9. The molecule has 2 aromatic rings. The molecule has 2 rings (SSSR count). The van der Waals surface area contributed by atoms with Crippen LogP contribution in [-0.4, -0.2) is 18.3 Å². The van der Waals surface area contributed by atoms with E-state index in [2.05, 4.69) is 6.07 Å². The van der Waals surface area contributed by atoms with Crippen molar-refractivity contribution >= 4 is 11.6 Å². The first-order valence-corrected chi connectivity index (χ1v) is 7.92. The van der Waals surface area contributed by atoms with Gasteiger partial charge < -0.3 is 0 Å². The molecular weight excluding hydrogens is 423 g/mol. The second-order valence-electron chi connectivity index (χ2n) is 6.07. The van der Waals surface area contributed by atoms with Crippen LogP contribution >= 0.6 is 11.6 Å². The fourth-order valence-corrected chi connectivity index (χ4v) is 3.09. The van der Waals surface area contributed by atoms with E-state index in [-0.39, 0.29) is 27.8 Å². The van der Waals surface area contributed by atoms with Crippen molar-refractivity contribution in [1.82, 2.24) is 0 Å². The Bertz CT molecular complexity index is 884. The third-order valence-electron chi connectivity index (χ3n) is 4.08. The molecule has 10 heteroatoms. The van der Waals surface area contributed by atoms with Crippen LogP contribution in [-0.2, 0) is 5.67 Å². The third-order valence-corrected chi connectivity index (χ3v) is 4.41. The van der Waals surface area contributed by atoms with Crippen LogP contribution in [0.15, 0.2) is 30.3 Å². The van der Waals surface area contributed by atoms with Crippen LogP contribution in [0.3, 0.4) is 0 Å². The molecule has 153 valence electrons. The number of hydrogen-bond acceptors (Lipinski definition) is 0. The van der Waals surface area contributed by atoms with Crippen molar-refractivity contribution in [2.45, 2.75) is 37.8 Å². The van der Waals surface area contributed by atoms with E-state index in [1.807, 2.05) is 0 Å². The fraction of sp³-hybridized carbons (Fsp3) is 0.333. The van der Waals surface area contributed by atoms with Gasteiger partial charge in [-0.1, -0.05) is 35.9 Å². The lowest BCUT2D eigenvalue weighted by molar-refractivity contribution is -0.389. The lowest BCUT2D eigenvalue weighted by Gasteiger charge is -2.37. The third kappa shape index (κ3) is 3.33.